The Hall–Kier alpha value is -0.520. The van der Waals surface area contributed by atoms with Crippen LogP contribution in [-0.2, 0) is 19.1 Å². The summed E-state index contributed by atoms with van der Waals surface area (Å²) in [4.78, 5) is 22.8. The zero-order chi connectivity index (χ0) is 13.8. The van der Waals surface area contributed by atoms with Crippen LogP contribution < -0.4 is 0 Å². The van der Waals surface area contributed by atoms with Gasteiger partial charge in [0.25, 0.3) is 4.33 Å². The third kappa shape index (κ3) is 5.10. The predicted molar refractivity (Wildman–Crippen MR) is 62.9 cm³/mol. The molecule has 0 rings (SSSR count). The van der Waals surface area contributed by atoms with Crippen molar-refractivity contribution in [2.75, 3.05) is 0 Å². The van der Waals surface area contributed by atoms with Crippen LogP contribution in [0.15, 0.2) is 0 Å². The van der Waals surface area contributed by atoms with Gasteiger partial charge in [0.15, 0.2) is 6.10 Å². The molecule has 5 nitrogen and oxygen atoms in total. The van der Waals surface area contributed by atoms with Gasteiger partial charge in [-0.3, -0.25) is 0 Å². The van der Waals surface area contributed by atoms with Crippen LogP contribution in [0, 0.1) is 0 Å². The van der Waals surface area contributed by atoms with Gasteiger partial charge in [0, 0.05) is 0 Å². The SMILES string of the molecule is CC(C)OC(=O)C(O)C(Cl)(Cl)C(=O)OC(C)C. The number of carbonyl (C=O) groups is 2. The minimum Gasteiger partial charge on any atom is -0.461 e. The standard InChI is InChI=1S/C10H16Cl2O5/c1-5(2)16-8(14)7(13)10(11,12)9(15)17-6(3)4/h5-7,13H,1-4H3. The smallest absolute Gasteiger partial charge is 0.346 e. The van der Waals surface area contributed by atoms with Crippen LogP contribution in [0.25, 0.3) is 0 Å². The van der Waals surface area contributed by atoms with Gasteiger partial charge in [-0.2, -0.15) is 0 Å². The molecule has 100 valence electrons. The lowest BCUT2D eigenvalue weighted by atomic mass is 10.2. The first-order valence-corrected chi connectivity index (χ1v) is 5.82. The van der Waals surface area contributed by atoms with Gasteiger partial charge in [0.1, 0.15) is 0 Å². The van der Waals surface area contributed by atoms with Gasteiger partial charge in [0.05, 0.1) is 12.2 Å². The molecule has 1 atom stereocenters. The molecule has 0 fully saturated rings. The van der Waals surface area contributed by atoms with E-state index in [0.29, 0.717) is 0 Å². The lowest BCUT2D eigenvalue weighted by Gasteiger charge is -2.24. The van der Waals surface area contributed by atoms with Crippen molar-refractivity contribution in [3.8, 4) is 0 Å². The van der Waals surface area contributed by atoms with E-state index in [1.807, 2.05) is 0 Å². The van der Waals surface area contributed by atoms with E-state index >= 15 is 0 Å². The Balaban J connectivity index is 4.68. The number of alkyl halides is 2. The maximum atomic E-state index is 11.5. The van der Waals surface area contributed by atoms with E-state index in [9.17, 15) is 14.7 Å². The molecule has 0 radical (unpaired) electrons. The van der Waals surface area contributed by atoms with Gasteiger partial charge in [-0.25, -0.2) is 9.59 Å². The topological polar surface area (TPSA) is 72.8 Å². The number of ether oxygens (including phenoxy) is 2. The highest BCUT2D eigenvalue weighted by molar-refractivity contribution is 6.59. The van der Waals surface area contributed by atoms with Crippen molar-refractivity contribution >= 4 is 35.1 Å². The van der Waals surface area contributed by atoms with Crippen LogP contribution in [0.1, 0.15) is 27.7 Å². The molecule has 0 saturated heterocycles. The van der Waals surface area contributed by atoms with E-state index < -0.39 is 34.6 Å². The molecule has 0 aromatic rings. The average Bonchev–Trinajstić information content (AvgIpc) is 2.14. The maximum absolute atomic E-state index is 11.5. The minimum atomic E-state index is -2.38. The van der Waals surface area contributed by atoms with Gasteiger partial charge in [0.2, 0.25) is 0 Å². The Morgan fingerprint density at radius 3 is 1.82 bits per heavy atom. The fraction of sp³-hybridized carbons (Fsp3) is 0.800. The second kappa shape index (κ2) is 6.42. The quantitative estimate of drug-likeness (QED) is 0.611. The Labute approximate surface area is 110 Å². The Morgan fingerprint density at radius 2 is 1.47 bits per heavy atom. The summed E-state index contributed by atoms with van der Waals surface area (Å²) >= 11 is 11.2. The van der Waals surface area contributed by atoms with Crippen molar-refractivity contribution < 1.29 is 24.2 Å². The highest BCUT2D eigenvalue weighted by atomic mass is 35.5. The van der Waals surface area contributed by atoms with Crippen LogP contribution in [0.5, 0.6) is 0 Å². The predicted octanol–water partition coefficient (Wildman–Crippen LogP) is 1.42. The number of halogens is 2. The molecule has 0 aliphatic rings. The molecular weight excluding hydrogens is 271 g/mol. The third-order valence-corrected chi connectivity index (χ3v) is 2.26. The Bertz CT molecular complexity index is 288. The molecule has 1 unspecified atom stereocenters. The normalized spacial score (nSPS) is 13.7. The molecule has 0 bridgehead atoms. The first-order valence-electron chi connectivity index (χ1n) is 5.06. The number of esters is 2. The van der Waals surface area contributed by atoms with E-state index in [0.717, 1.165) is 0 Å². The van der Waals surface area contributed by atoms with E-state index in [1.165, 1.54) is 0 Å². The van der Waals surface area contributed by atoms with Gasteiger partial charge in [-0.15, -0.1) is 0 Å². The molecule has 1 N–H and O–H groups in total. The first-order chi connectivity index (χ1) is 7.59. The summed E-state index contributed by atoms with van der Waals surface area (Å²) in [5, 5.41) is 9.54. The van der Waals surface area contributed by atoms with Crippen molar-refractivity contribution in [2.45, 2.75) is 50.3 Å². The van der Waals surface area contributed by atoms with Gasteiger partial charge >= 0.3 is 11.9 Å². The molecule has 0 aliphatic carbocycles. The van der Waals surface area contributed by atoms with Crippen LogP contribution >= 0.6 is 23.2 Å². The monoisotopic (exact) mass is 286 g/mol. The van der Waals surface area contributed by atoms with E-state index in [1.54, 1.807) is 27.7 Å². The van der Waals surface area contributed by atoms with Crippen LogP contribution in [0.4, 0.5) is 0 Å². The summed E-state index contributed by atoms with van der Waals surface area (Å²) < 4.78 is 7.03. The fourth-order valence-electron chi connectivity index (χ4n) is 0.849. The van der Waals surface area contributed by atoms with Crippen LogP contribution in [-0.4, -0.2) is 39.7 Å². The second-order valence-corrected chi connectivity index (χ2v) is 5.35. The second-order valence-electron chi connectivity index (χ2n) is 3.97. The van der Waals surface area contributed by atoms with Crippen LogP contribution in [0.3, 0.4) is 0 Å². The summed E-state index contributed by atoms with van der Waals surface area (Å²) in [6.45, 7) is 6.34. The van der Waals surface area contributed by atoms with E-state index in [4.69, 9.17) is 27.9 Å². The first kappa shape index (κ1) is 16.5. The summed E-state index contributed by atoms with van der Waals surface area (Å²) in [5.74, 6) is -2.17. The number of hydrogen-bond acceptors (Lipinski definition) is 5. The average molecular weight is 287 g/mol. The van der Waals surface area contributed by atoms with Gasteiger partial charge in [-0.05, 0) is 27.7 Å². The number of carbonyl (C=O) groups excluding carboxylic acids is 2. The molecule has 0 heterocycles. The highest BCUT2D eigenvalue weighted by Crippen LogP contribution is 2.28. The highest BCUT2D eigenvalue weighted by Gasteiger charge is 2.48. The van der Waals surface area contributed by atoms with Gasteiger partial charge in [-0.1, -0.05) is 23.2 Å². The molecule has 0 aromatic heterocycles. The lowest BCUT2D eigenvalue weighted by Crippen LogP contribution is -2.47. The van der Waals surface area contributed by atoms with E-state index in [-0.39, 0.29) is 0 Å². The number of rotatable bonds is 5. The van der Waals surface area contributed by atoms with Crippen molar-refractivity contribution in [2.24, 2.45) is 0 Å². The summed E-state index contributed by atoms with van der Waals surface area (Å²) in [7, 11) is 0. The maximum Gasteiger partial charge on any atom is 0.346 e. The minimum absolute atomic E-state index is 0.456. The molecule has 0 spiro atoms. The summed E-state index contributed by atoms with van der Waals surface area (Å²) in [6, 6.07) is 0. The summed E-state index contributed by atoms with van der Waals surface area (Å²) in [6.07, 6.45) is -2.92. The summed E-state index contributed by atoms with van der Waals surface area (Å²) in [5.41, 5.74) is 0. The zero-order valence-electron chi connectivity index (χ0n) is 10.1. The number of aliphatic hydroxyl groups excluding tert-OH is 1. The number of hydrogen-bond donors (Lipinski definition) is 1. The molecule has 0 aliphatic heterocycles. The largest absolute Gasteiger partial charge is 0.461 e. The van der Waals surface area contributed by atoms with Crippen molar-refractivity contribution in [3.63, 3.8) is 0 Å². The molecular formula is C10H16Cl2O5. The molecule has 17 heavy (non-hydrogen) atoms. The van der Waals surface area contributed by atoms with Crippen molar-refractivity contribution in [1.82, 2.24) is 0 Å². The fourth-order valence-corrected chi connectivity index (χ4v) is 1.12. The Kier molecular flexibility index (Phi) is 6.23. The van der Waals surface area contributed by atoms with Crippen molar-refractivity contribution in [3.05, 3.63) is 0 Å². The van der Waals surface area contributed by atoms with Crippen LogP contribution in [0.2, 0.25) is 0 Å². The van der Waals surface area contributed by atoms with Gasteiger partial charge < -0.3 is 14.6 Å². The lowest BCUT2D eigenvalue weighted by molar-refractivity contribution is -0.165. The third-order valence-electron chi connectivity index (χ3n) is 1.53. The molecule has 0 saturated carbocycles. The Morgan fingerprint density at radius 1 is 1.06 bits per heavy atom. The zero-order valence-corrected chi connectivity index (χ0v) is 11.6. The van der Waals surface area contributed by atoms with Crippen molar-refractivity contribution in [1.29, 1.82) is 0 Å². The molecule has 0 amide bonds. The van der Waals surface area contributed by atoms with E-state index in [2.05, 4.69) is 4.74 Å². The molecule has 7 heteroatoms. The molecule has 0 aromatic carbocycles. The number of aliphatic hydroxyl groups is 1.